The first-order valence-electron chi connectivity index (χ1n) is 10.1. The smallest absolute Gasteiger partial charge is 0.0279 e. The van der Waals surface area contributed by atoms with Gasteiger partial charge in [-0.2, -0.15) is 0 Å². The standard InChI is InChI=1S/C22H42/c1-6-11-13-14-19-21(16-9-4)22(17-10-5)20(15-8-3)18-12-7-2/h18H,6-17,19H2,1-5H3/b20-18+,22-21+. The van der Waals surface area contributed by atoms with E-state index in [-0.39, 0.29) is 0 Å². The second kappa shape index (κ2) is 15.4. The zero-order valence-corrected chi connectivity index (χ0v) is 16.3. The van der Waals surface area contributed by atoms with E-state index >= 15 is 0 Å². The number of unbranched alkanes of at least 4 members (excludes halogenated alkanes) is 4. The first-order valence-corrected chi connectivity index (χ1v) is 10.1. The van der Waals surface area contributed by atoms with Crippen LogP contribution in [0.25, 0.3) is 0 Å². The third-order valence-electron chi connectivity index (χ3n) is 4.40. The van der Waals surface area contributed by atoms with Gasteiger partial charge >= 0.3 is 0 Å². The molecule has 0 radical (unpaired) electrons. The van der Waals surface area contributed by atoms with Gasteiger partial charge in [-0.15, -0.1) is 0 Å². The lowest BCUT2D eigenvalue weighted by Crippen LogP contribution is -1.99. The van der Waals surface area contributed by atoms with E-state index < -0.39 is 0 Å². The maximum atomic E-state index is 2.55. The molecule has 0 saturated carbocycles. The molecule has 130 valence electrons. The van der Waals surface area contributed by atoms with Crippen LogP contribution in [0.2, 0.25) is 0 Å². The molecule has 0 unspecified atom stereocenters. The van der Waals surface area contributed by atoms with Crippen LogP contribution in [0.15, 0.2) is 22.8 Å². The molecule has 0 nitrogen and oxygen atoms in total. The van der Waals surface area contributed by atoms with Crippen LogP contribution in [-0.2, 0) is 0 Å². The van der Waals surface area contributed by atoms with Gasteiger partial charge in [-0.05, 0) is 49.7 Å². The zero-order valence-electron chi connectivity index (χ0n) is 16.3. The topological polar surface area (TPSA) is 0 Å². The van der Waals surface area contributed by atoms with Crippen LogP contribution >= 0.6 is 0 Å². The van der Waals surface area contributed by atoms with Gasteiger partial charge < -0.3 is 0 Å². The van der Waals surface area contributed by atoms with Crippen LogP contribution in [0.5, 0.6) is 0 Å². The Morgan fingerprint density at radius 1 is 0.591 bits per heavy atom. The van der Waals surface area contributed by atoms with Gasteiger partial charge in [0.2, 0.25) is 0 Å². The fraction of sp³-hybridized carbons (Fsp3) is 0.818. The van der Waals surface area contributed by atoms with Crippen molar-refractivity contribution in [3.63, 3.8) is 0 Å². The second-order valence-corrected chi connectivity index (χ2v) is 6.66. The Labute approximate surface area is 141 Å². The van der Waals surface area contributed by atoms with E-state index in [4.69, 9.17) is 0 Å². The lowest BCUT2D eigenvalue weighted by atomic mass is 9.87. The average molecular weight is 307 g/mol. The lowest BCUT2D eigenvalue weighted by molar-refractivity contribution is 0.644. The van der Waals surface area contributed by atoms with Crippen molar-refractivity contribution in [3.05, 3.63) is 22.8 Å². The van der Waals surface area contributed by atoms with Crippen molar-refractivity contribution >= 4 is 0 Å². The summed E-state index contributed by atoms with van der Waals surface area (Å²) in [6.45, 7) is 11.6. The number of rotatable bonds is 14. The molecule has 0 heterocycles. The molecule has 0 aromatic rings. The fourth-order valence-electron chi connectivity index (χ4n) is 3.27. The average Bonchev–Trinajstić information content (AvgIpc) is 2.52. The Hall–Kier alpha value is -0.520. The molecular formula is C22H42. The molecule has 0 rings (SSSR count). The first-order chi connectivity index (χ1) is 10.7. The highest BCUT2D eigenvalue weighted by Gasteiger charge is 2.10. The van der Waals surface area contributed by atoms with E-state index in [1.165, 1.54) is 83.5 Å². The number of hydrogen-bond donors (Lipinski definition) is 0. The summed E-state index contributed by atoms with van der Waals surface area (Å²) < 4.78 is 0. The summed E-state index contributed by atoms with van der Waals surface area (Å²) in [4.78, 5) is 0. The van der Waals surface area contributed by atoms with Crippen LogP contribution in [-0.4, -0.2) is 0 Å². The molecule has 0 bridgehead atoms. The molecule has 0 fully saturated rings. The van der Waals surface area contributed by atoms with E-state index in [9.17, 15) is 0 Å². The summed E-state index contributed by atoms with van der Waals surface area (Å²) in [6, 6.07) is 0. The van der Waals surface area contributed by atoms with E-state index in [1.807, 2.05) is 0 Å². The Bertz CT molecular complexity index is 306. The maximum Gasteiger partial charge on any atom is -0.0279 e. The Kier molecular flexibility index (Phi) is 15.0. The predicted molar refractivity (Wildman–Crippen MR) is 104 cm³/mol. The van der Waals surface area contributed by atoms with Gasteiger partial charge in [0.05, 0.1) is 0 Å². The summed E-state index contributed by atoms with van der Waals surface area (Å²) >= 11 is 0. The summed E-state index contributed by atoms with van der Waals surface area (Å²) in [5.41, 5.74) is 5.22. The van der Waals surface area contributed by atoms with Crippen LogP contribution < -0.4 is 0 Å². The van der Waals surface area contributed by atoms with Gasteiger partial charge in [-0.25, -0.2) is 0 Å². The molecule has 22 heavy (non-hydrogen) atoms. The minimum Gasteiger partial charge on any atom is -0.0811 e. The van der Waals surface area contributed by atoms with E-state index in [1.54, 1.807) is 16.7 Å². The van der Waals surface area contributed by atoms with Gasteiger partial charge in [0.25, 0.3) is 0 Å². The Morgan fingerprint density at radius 2 is 1.27 bits per heavy atom. The Morgan fingerprint density at radius 3 is 1.82 bits per heavy atom. The third-order valence-corrected chi connectivity index (χ3v) is 4.40. The van der Waals surface area contributed by atoms with Crippen molar-refractivity contribution in [1.29, 1.82) is 0 Å². The highest BCUT2D eigenvalue weighted by molar-refractivity contribution is 5.35. The molecule has 0 aromatic heterocycles. The summed E-state index contributed by atoms with van der Waals surface area (Å²) in [5.74, 6) is 0. The summed E-state index contributed by atoms with van der Waals surface area (Å²) in [6.07, 6.45) is 19.7. The maximum absolute atomic E-state index is 2.55. The molecule has 0 aliphatic heterocycles. The van der Waals surface area contributed by atoms with Gasteiger partial charge in [0.1, 0.15) is 0 Å². The van der Waals surface area contributed by atoms with Crippen molar-refractivity contribution < 1.29 is 0 Å². The van der Waals surface area contributed by atoms with E-state index in [0.717, 1.165) is 0 Å². The van der Waals surface area contributed by atoms with Gasteiger partial charge in [0.15, 0.2) is 0 Å². The van der Waals surface area contributed by atoms with Gasteiger partial charge in [0, 0.05) is 0 Å². The molecule has 0 saturated heterocycles. The van der Waals surface area contributed by atoms with Crippen LogP contribution in [0.3, 0.4) is 0 Å². The molecule has 0 spiro atoms. The van der Waals surface area contributed by atoms with Crippen molar-refractivity contribution in [2.45, 2.75) is 118 Å². The molecule has 0 aliphatic carbocycles. The fourth-order valence-corrected chi connectivity index (χ4v) is 3.27. The quantitative estimate of drug-likeness (QED) is 0.223. The van der Waals surface area contributed by atoms with Gasteiger partial charge in [-0.3, -0.25) is 0 Å². The summed E-state index contributed by atoms with van der Waals surface area (Å²) in [5, 5.41) is 0. The number of hydrogen-bond acceptors (Lipinski definition) is 0. The van der Waals surface area contributed by atoms with Crippen molar-refractivity contribution in [2.75, 3.05) is 0 Å². The minimum atomic E-state index is 1.25. The molecular weight excluding hydrogens is 264 g/mol. The first kappa shape index (κ1) is 21.5. The van der Waals surface area contributed by atoms with Crippen molar-refractivity contribution in [2.24, 2.45) is 0 Å². The van der Waals surface area contributed by atoms with Crippen molar-refractivity contribution in [1.82, 2.24) is 0 Å². The molecule has 0 heteroatoms. The molecule has 0 aliphatic rings. The third kappa shape index (κ3) is 9.49. The van der Waals surface area contributed by atoms with Gasteiger partial charge in [-0.1, -0.05) is 91.2 Å². The zero-order chi connectivity index (χ0) is 16.6. The molecule has 0 amide bonds. The lowest BCUT2D eigenvalue weighted by Gasteiger charge is -2.18. The molecule has 0 aromatic carbocycles. The largest absolute Gasteiger partial charge is 0.0811 e. The van der Waals surface area contributed by atoms with Crippen molar-refractivity contribution in [3.8, 4) is 0 Å². The molecule has 0 N–H and O–H groups in total. The molecule has 0 atom stereocenters. The van der Waals surface area contributed by atoms with Crippen LogP contribution in [0, 0.1) is 0 Å². The van der Waals surface area contributed by atoms with E-state index in [0.29, 0.717) is 0 Å². The highest BCUT2D eigenvalue weighted by atomic mass is 14.2. The Balaban J connectivity index is 5.21. The summed E-state index contributed by atoms with van der Waals surface area (Å²) in [7, 11) is 0. The SMILES string of the molecule is CCC/C=C(CCC)/C(CCC)=C(\CCC)CCCCCC. The van der Waals surface area contributed by atoms with Crippen LogP contribution in [0.1, 0.15) is 118 Å². The predicted octanol–water partition coefficient (Wildman–Crippen LogP) is 8.38. The number of allylic oxidation sites excluding steroid dienone is 4. The minimum absolute atomic E-state index is 1.25. The van der Waals surface area contributed by atoms with E-state index in [2.05, 4.69) is 40.7 Å². The highest BCUT2D eigenvalue weighted by Crippen LogP contribution is 2.30. The monoisotopic (exact) mass is 306 g/mol. The normalized spacial score (nSPS) is 13.4. The second-order valence-electron chi connectivity index (χ2n) is 6.66. The van der Waals surface area contributed by atoms with Crippen LogP contribution in [0.4, 0.5) is 0 Å².